The van der Waals surface area contributed by atoms with Crippen LogP contribution in [-0.2, 0) is 4.74 Å². The lowest BCUT2D eigenvalue weighted by Gasteiger charge is -2.22. The minimum absolute atomic E-state index is 0.184. The Kier molecular flexibility index (Phi) is 3.82. The van der Waals surface area contributed by atoms with Gasteiger partial charge in [0, 0.05) is 30.4 Å². The van der Waals surface area contributed by atoms with E-state index in [1.165, 1.54) is 38.5 Å². The molecule has 0 N–H and O–H groups in total. The zero-order valence-corrected chi connectivity index (χ0v) is 11.3. The van der Waals surface area contributed by atoms with Crippen molar-refractivity contribution in [2.24, 2.45) is 0 Å². The highest BCUT2D eigenvalue weighted by Gasteiger charge is 2.15. The van der Waals surface area contributed by atoms with Crippen molar-refractivity contribution in [1.29, 1.82) is 0 Å². The second kappa shape index (κ2) is 5.12. The number of allylic oxidation sites excluding steroid dienone is 2. The van der Waals surface area contributed by atoms with Crippen LogP contribution in [0.15, 0.2) is 11.3 Å². The number of hydrogen-bond donors (Lipinski definition) is 0. The van der Waals surface area contributed by atoms with Crippen LogP contribution in [-0.4, -0.2) is 30.4 Å². The van der Waals surface area contributed by atoms with E-state index in [4.69, 9.17) is 4.74 Å². The summed E-state index contributed by atoms with van der Waals surface area (Å²) in [4.78, 5) is 0. The monoisotopic (exact) mass is 212 g/mol. The van der Waals surface area contributed by atoms with Crippen molar-refractivity contribution in [2.75, 3.05) is 6.61 Å². The molecule has 2 aliphatic rings. The minimum Gasteiger partial charge on any atom is -0.383 e. The molecule has 1 atom stereocenters. The summed E-state index contributed by atoms with van der Waals surface area (Å²) < 4.78 is 5.81. The maximum absolute atomic E-state index is 5.81. The van der Waals surface area contributed by atoms with E-state index in [0.717, 1.165) is 12.3 Å². The largest absolute Gasteiger partial charge is 0.383 e. The normalized spacial score (nSPS) is 30.8. The van der Waals surface area contributed by atoms with E-state index in [1.807, 2.05) is 5.20 Å². The second-order valence-electron chi connectivity index (χ2n) is 4.28. The fourth-order valence-corrected chi connectivity index (χ4v) is 9.66. The van der Waals surface area contributed by atoms with Crippen molar-refractivity contribution in [3.05, 3.63) is 11.3 Å². The fraction of sp³-hybridized carbons (Fsp3) is 0.800. The Bertz CT molecular complexity index is 185. The molecule has 0 amide bonds. The second-order valence-corrected chi connectivity index (χ2v) is 10.4. The minimum atomic E-state index is 0.184. The van der Waals surface area contributed by atoms with Crippen LogP contribution >= 0.6 is 0 Å². The van der Waals surface area contributed by atoms with Crippen molar-refractivity contribution in [2.45, 2.75) is 44.3 Å². The molecule has 1 saturated heterocycles. The molecule has 0 bridgehead atoms. The van der Waals surface area contributed by atoms with Crippen LogP contribution in [0.1, 0.15) is 38.5 Å². The zero-order chi connectivity index (χ0) is 8.93. The van der Waals surface area contributed by atoms with Gasteiger partial charge in [-0.2, -0.15) is 0 Å². The summed E-state index contributed by atoms with van der Waals surface area (Å²) in [7, 11) is 0.402. The Hall–Kier alpha value is 0.134. The first-order valence-electron chi connectivity index (χ1n) is 5.74. The van der Waals surface area contributed by atoms with Gasteiger partial charge in [0.05, 0.1) is 0 Å². The molecule has 3 heteroatoms. The molecule has 0 aromatic carbocycles. The number of rotatable bonds is 3. The van der Waals surface area contributed by atoms with Crippen LogP contribution in [0, 0.1) is 0 Å². The molecule has 1 nitrogen and oxygen atoms in total. The maximum Gasteiger partial charge on any atom is 0.0485 e. The van der Waals surface area contributed by atoms with Gasteiger partial charge in [-0.3, -0.25) is 0 Å². The van der Waals surface area contributed by atoms with Crippen LogP contribution < -0.4 is 0 Å². The van der Waals surface area contributed by atoms with Crippen LogP contribution in [0.4, 0.5) is 0 Å². The van der Waals surface area contributed by atoms with Gasteiger partial charge in [0.2, 0.25) is 0 Å². The first kappa shape index (κ1) is 9.68. The molecule has 1 fully saturated rings. The third-order valence-corrected chi connectivity index (χ3v) is 10.8. The van der Waals surface area contributed by atoms with Crippen molar-refractivity contribution in [3.63, 3.8) is 0 Å². The molecule has 1 aliphatic carbocycles. The average Bonchev–Trinajstić information content (AvgIpc) is 2.69. The molecule has 74 valence electrons. The molecule has 1 heterocycles. The molecule has 0 aromatic rings. The van der Waals surface area contributed by atoms with Gasteiger partial charge in [-0.15, -0.1) is 0 Å². The van der Waals surface area contributed by atoms with Crippen LogP contribution in [0.2, 0.25) is 0 Å². The highest BCUT2D eigenvalue weighted by Crippen LogP contribution is 2.17. The topological polar surface area (TPSA) is 9.23 Å². The molecular weight excluding hydrogens is 192 g/mol. The van der Waals surface area contributed by atoms with Gasteiger partial charge in [0.15, 0.2) is 0 Å². The lowest BCUT2D eigenvalue weighted by Crippen LogP contribution is -2.29. The van der Waals surface area contributed by atoms with Crippen molar-refractivity contribution in [3.8, 4) is 0 Å². The van der Waals surface area contributed by atoms with Crippen molar-refractivity contribution < 1.29 is 4.74 Å². The van der Waals surface area contributed by atoms with E-state index in [9.17, 15) is 0 Å². The Labute approximate surface area is 85.4 Å². The van der Waals surface area contributed by atoms with Crippen molar-refractivity contribution in [1.82, 2.24) is 0 Å². The first-order valence-corrected chi connectivity index (χ1v) is 11.3. The highest BCUT2D eigenvalue weighted by atomic mass is 29.1. The molecule has 1 aliphatic heterocycles. The van der Waals surface area contributed by atoms with Crippen LogP contribution in [0.3, 0.4) is 0 Å². The smallest absolute Gasteiger partial charge is 0.0485 e. The summed E-state index contributed by atoms with van der Waals surface area (Å²) >= 11 is 0. The van der Waals surface area contributed by atoms with E-state index < -0.39 is 0 Å². The van der Waals surface area contributed by atoms with E-state index in [0.29, 0.717) is 0 Å². The molecule has 0 saturated carbocycles. The summed E-state index contributed by atoms with van der Waals surface area (Å²) in [6.07, 6.45) is 10.9. The van der Waals surface area contributed by atoms with Gasteiger partial charge in [0.25, 0.3) is 0 Å². The van der Waals surface area contributed by atoms with Crippen molar-refractivity contribution >= 4 is 18.1 Å². The molecular formula is C10H20OSi2. The van der Waals surface area contributed by atoms with Gasteiger partial charge in [-0.25, -0.2) is 0 Å². The SMILES string of the molecule is C1=C([SiH2][SiH2]C2CCCCO2)CCC1. The number of ether oxygens (including phenoxy) is 1. The standard InChI is InChI=1S/C10H20OSi2/c1-2-6-9(5-1)12-13-10-7-3-4-8-11-10/h5,10H,1-4,6-8,12-13H2. The summed E-state index contributed by atoms with van der Waals surface area (Å²) in [5.74, 6) is 0. The lowest BCUT2D eigenvalue weighted by atomic mass is 10.2. The third kappa shape index (κ3) is 3.07. The number of hydrogen-bond acceptors (Lipinski definition) is 1. The average molecular weight is 212 g/mol. The summed E-state index contributed by atoms with van der Waals surface area (Å²) in [5, 5.41) is 1.89. The van der Waals surface area contributed by atoms with E-state index in [2.05, 4.69) is 6.08 Å². The van der Waals surface area contributed by atoms with Crippen LogP contribution in [0.25, 0.3) is 0 Å². The third-order valence-electron chi connectivity index (χ3n) is 3.20. The Balaban J connectivity index is 1.66. The van der Waals surface area contributed by atoms with E-state index in [-0.39, 0.29) is 18.1 Å². The molecule has 0 radical (unpaired) electrons. The summed E-state index contributed by atoms with van der Waals surface area (Å²) in [6.45, 7) is 1.06. The Morgan fingerprint density at radius 3 is 3.00 bits per heavy atom. The first-order chi connectivity index (χ1) is 6.45. The predicted molar refractivity (Wildman–Crippen MR) is 62.6 cm³/mol. The van der Waals surface area contributed by atoms with E-state index >= 15 is 0 Å². The Morgan fingerprint density at radius 2 is 2.31 bits per heavy atom. The predicted octanol–water partition coefficient (Wildman–Crippen LogP) is 0.833. The molecule has 0 spiro atoms. The van der Waals surface area contributed by atoms with Gasteiger partial charge >= 0.3 is 0 Å². The van der Waals surface area contributed by atoms with E-state index in [1.54, 1.807) is 0 Å². The quantitative estimate of drug-likeness (QED) is 0.630. The van der Waals surface area contributed by atoms with Crippen LogP contribution in [0.5, 0.6) is 0 Å². The molecule has 0 aromatic heterocycles. The molecule has 1 unspecified atom stereocenters. The summed E-state index contributed by atoms with van der Waals surface area (Å²) in [5.41, 5.74) is 0.780. The Morgan fingerprint density at radius 1 is 1.31 bits per heavy atom. The zero-order valence-electron chi connectivity index (χ0n) is 8.43. The maximum atomic E-state index is 5.81. The highest BCUT2D eigenvalue weighted by molar-refractivity contribution is 7.04. The van der Waals surface area contributed by atoms with Gasteiger partial charge in [-0.1, -0.05) is 11.3 Å². The summed E-state index contributed by atoms with van der Waals surface area (Å²) in [6, 6.07) is 0. The van der Waals surface area contributed by atoms with Gasteiger partial charge in [-0.05, 0) is 38.5 Å². The van der Waals surface area contributed by atoms with Gasteiger partial charge < -0.3 is 4.74 Å². The lowest BCUT2D eigenvalue weighted by molar-refractivity contribution is 0.0665. The molecule has 13 heavy (non-hydrogen) atoms. The fourth-order valence-electron chi connectivity index (χ4n) is 2.35. The molecule has 2 rings (SSSR count). The van der Waals surface area contributed by atoms with Gasteiger partial charge in [0.1, 0.15) is 0 Å².